The van der Waals surface area contributed by atoms with Crippen molar-refractivity contribution in [2.24, 2.45) is 0 Å². The number of alkyl halides is 3. The molecule has 0 radical (unpaired) electrons. The molecule has 2 aromatic rings. The fraction of sp³-hybridized carbons (Fsp3) is 0.500. The molecular weight excluding hydrogens is 380 g/mol. The molecule has 24 heavy (non-hydrogen) atoms. The van der Waals surface area contributed by atoms with Gasteiger partial charge in [0.05, 0.1) is 0 Å². The summed E-state index contributed by atoms with van der Waals surface area (Å²) in [6, 6.07) is 7.82. The van der Waals surface area contributed by atoms with Gasteiger partial charge in [-0.3, -0.25) is 4.90 Å². The van der Waals surface area contributed by atoms with Crippen molar-refractivity contribution in [1.29, 1.82) is 0 Å². The molecule has 0 spiro atoms. The predicted octanol–water partition coefficient (Wildman–Crippen LogP) is 5.03. The third kappa shape index (κ3) is 5.23. The van der Waals surface area contributed by atoms with Gasteiger partial charge >= 0.3 is 6.18 Å². The first-order valence-electron chi connectivity index (χ1n) is 7.52. The third-order valence-corrected chi connectivity index (χ3v) is 5.15. The zero-order valence-electron chi connectivity index (χ0n) is 13.0. The van der Waals surface area contributed by atoms with Gasteiger partial charge in [-0.1, -0.05) is 18.2 Å². The topological polar surface area (TPSA) is 15.3 Å². The average Bonchev–Trinajstić information content (AvgIpc) is 2.92. The number of benzene rings is 1. The maximum absolute atomic E-state index is 12.7. The second kappa shape index (κ2) is 9.25. The first-order valence-corrected chi connectivity index (χ1v) is 8.40. The van der Waals surface area contributed by atoms with Crippen molar-refractivity contribution < 1.29 is 13.2 Å². The zero-order chi connectivity index (χ0) is 15.6. The van der Waals surface area contributed by atoms with E-state index in [1.807, 2.05) is 29.6 Å². The van der Waals surface area contributed by atoms with Gasteiger partial charge in [-0.2, -0.15) is 13.2 Å². The molecule has 2 nitrogen and oxygen atoms in total. The van der Waals surface area contributed by atoms with Crippen molar-refractivity contribution >= 4 is 46.2 Å². The summed E-state index contributed by atoms with van der Waals surface area (Å²) in [4.78, 5) is 2.19. The minimum atomic E-state index is -4.10. The lowest BCUT2D eigenvalue weighted by atomic mass is 9.98. The van der Waals surface area contributed by atoms with Crippen LogP contribution in [0, 0.1) is 0 Å². The monoisotopic (exact) mass is 400 g/mol. The number of thiophene rings is 1. The van der Waals surface area contributed by atoms with Crippen LogP contribution in [-0.2, 0) is 0 Å². The third-order valence-electron chi connectivity index (χ3n) is 4.16. The molecule has 1 aromatic carbocycles. The van der Waals surface area contributed by atoms with E-state index in [0.717, 1.165) is 41.8 Å². The highest BCUT2D eigenvalue weighted by Gasteiger charge is 2.32. The van der Waals surface area contributed by atoms with Crippen molar-refractivity contribution in [2.45, 2.75) is 25.1 Å². The molecule has 0 saturated carbocycles. The van der Waals surface area contributed by atoms with Gasteiger partial charge in [-0.05, 0) is 28.8 Å². The van der Waals surface area contributed by atoms with Gasteiger partial charge in [0, 0.05) is 43.3 Å². The number of nitrogens with one attached hydrogen (secondary N) is 1. The van der Waals surface area contributed by atoms with E-state index in [2.05, 4.69) is 10.2 Å². The summed E-state index contributed by atoms with van der Waals surface area (Å²) < 4.78 is 39.3. The van der Waals surface area contributed by atoms with Gasteiger partial charge in [0.15, 0.2) is 0 Å². The zero-order valence-corrected chi connectivity index (χ0v) is 15.5. The highest BCUT2D eigenvalue weighted by atomic mass is 35.5. The van der Waals surface area contributed by atoms with E-state index in [1.165, 1.54) is 0 Å². The highest BCUT2D eigenvalue weighted by Crippen LogP contribution is 2.37. The molecular formula is C16H21Cl2F3N2S. The quantitative estimate of drug-likeness (QED) is 0.773. The van der Waals surface area contributed by atoms with E-state index < -0.39 is 12.6 Å². The molecule has 1 N–H and O–H groups in total. The number of rotatable bonds is 4. The van der Waals surface area contributed by atoms with Gasteiger partial charge < -0.3 is 5.32 Å². The van der Waals surface area contributed by atoms with E-state index in [4.69, 9.17) is 0 Å². The first kappa shape index (κ1) is 21.5. The van der Waals surface area contributed by atoms with Crippen molar-refractivity contribution in [1.82, 2.24) is 10.2 Å². The SMILES string of the molecule is Cl.Cl.FC(F)(F)CC[C@@H](c1csc2ccccc12)N1CCNCC1. The molecule has 3 rings (SSSR count). The van der Waals surface area contributed by atoms with Crippen LogP contribution >= 0.6 is 36.2 Å². The molecule has 1 saturated heterocycles. The van der Waals surface area contributed by atoms with Crippen LogP contribution in [0.5, 0.6) is 0 Å². The molecule has 1 aliphatic heterocycles. The van der Waals surface area contributed by atoms with Crippen LogP contribution in [0.4, 0.5) is 13.2 Å². The number of piperazine rings is 1. The molecule has 1 aliphatic rings. The van der Waals surface area contributed by atoms with Crippen LogP contribution in [0.25, 0.3) is 10.1 Å². The Balaban J connectivity index is 0.00000144. The van der Waals surface area contributed by atoms with Gasteiger partial charge in [-0.25, -0.2) is 0 Å². The molecule has 1 aromatic heterocycles. The van der Waals surface area contributed by atoms with Gasteiger partial charge in [0.1, 0.15) is 0 Å². The van der Waals surface area contributed by atoms with Crippen molar-refractivity contribution in [3.8, 4) is 0 Å². The van der Waals surface area contributed by atoms with Crippen LogP contribution in [0.3, 0.4) is 0 Å². The first-order chi connectivity index (χ1) is 10.5. The minimum absolute atomic E-state index is 0. The minimum Gasteiger partial charge on any atom is -0.314 e. The Morgan fingerprint density at radius 1 is 1.12 bits per heavy atom. The van der Waals surface area contributed by atoms with Crippen molar-refractivity contribution in [3.63, 3.8) is 0 Å². The van der Waals surface area contributed by atoms with Crippen LogP contribution in [-0.4, -0.2) is 37.3 Å². The number of halogens is 5. The molecule has 1 atom stereocenters. The Morgan fingerprint density at radius 2 is 1.79 bits per heavy atom. The Labute approximate surface area is 156 Å². The van der Waals surface area contributed by atoms with Crippen molar-refractivity contribution in [3.05, 3.63) is 35.2 Å². The van der Waals surface area contributed by atoms with Gasteiger partial charge in [-0.15, -0.1) is 36.2 Å². The molecule has 0 aliphatic carbocycles. The summed E-state index contributed by atoms with van der Waals surface area (Å²) in [6.45, 7) is 3.27. The van der Waals surface area contributed by atoms with Crippen molar-refractivity contribution in [2.75, 3.05) is 26.2 Å². The van der Waals surface area contributed by atoms with E-state index in [1.54, 1.807) is 11.3 Å². The highest BCUT2D eigenvalue weighted by molar-refractivity contribution is 7.17. The molecule has 2 heterocycles. The van der Waals surface area contributed by atoms with Crippen LogP contribution in [0.1, 0.15) is 24.4 Å². The molecule has 1 fully saturated rings. The van der Waals surface area contributed by atoms with Gasteiger partial charge in [0.2, 0.25) is 0 Å². The Morgan fingerprint density at radius 3 is 2.46 bits per heavy atom. The number of nitrogens with zero attached hydrogens (tertiary/aromatic N) is 1. The summed E-state index contributed by atoms with van der Waals surface area (Å²) in [5, 5.41) is 6.39. The lowest BCUT2D eigenvalue weighted by Crippen LogP contribution is -2.45. The van der Waals surface area contributed by atoms with Crippen LogP contribution in [0.15, 0.2) is 29.6 Å². The summed E-state index contributed by atoms with van der Waals surface area (Å²) in [6.07, 6.45) is -4.70. The van der Waals surface area contributed by atoms with E-state index in [-0.39, 0.29) is 37.3 Å². The summed E-state index contributed by atoms with van der Waals surface area (Å²) in [7, 11) is 0. The molecule has 136 valence electrons. The standard InChI is InChI=1S/C16H19F3N2S.2ClH/c17-16(18,19)6-5-14(21-9-7-20-8-10-21)13-11-22-15-4-2-1-3-12(13)15;;/h1-4,11,14,20H,5-10H2;2*1H/t14-;;/m0../s1. The summed E-state index contributed by atoms with van der Waals surface area (Å²) in [5.41, 5.74) is 1.05. The van der Waals surface area contributed by atoms with Crippen LogP contribution < -0.4 is 5.32 Å². The molecule has 0 unspecified atom stereocenters. The number of hydrogen-bond acceptors (Lipinski definition) is 3. The normalized spacial score (nSPS) is 17.1. The summed E-state index contributed by atoms with van der Waals surface area (Å²) >= 11 is 1.62. The lowest BCUT2D eigenvalue weighted by Gasteiger charge is -2.35. The van der Waals surface area contributed by atoms with Crippen LogP contribution in [0.2, 0.25) is 0 Å². The molecule has 0 amide bonds. The maximum Gasteiger partial charge on any atom is 0.389 e. The van der Waals surface area contributed by atoms with Gasteiger partial charge in [0.25, 0.3) is 0 Å². The summed E-state index contributed by atoms with van der Waals surface area (Å²) in [5.74, 6) is 0. The average molecular weight is 401 g/mol. The molecule has 8 heteroatoms. The Kier molecular flexibility index (Phi) is 8.29. The van der Waals surface area contributed by atoms with E-state index in [0.29, 0.717) is 0 Å². The van der Waals surface area contributed by atoms with E-state index >= 15 is 0 Å². The Bertz CT molecular complexity index is 627. The largest absolute Gasteiger partial charge is 0.389 e. The fourth-order valence-corrected chi connectivity index (χ4v) is 4.09. The van der Waals surface area contributed by atoms with E-state index in [9.17, 15) is 13.2 Å². The number of fused-ring (bicyclic) bond motifs is 1. The Hall–Kier alpha value is -0.530. The maximum atomic E-state index is 12.7. The smallest absolute Gasteiger partial charge is 0.314 e. The predicted molar refractivity (Wildman–Crippen MR) is 98.8 cm³/mol. The fourth-order valence-electron chi connectivity index (χ4n) is 3.09. The second-order valence-electron chi connectivity index (χ2n) is 5.64. The lowest BCUT2D eigenvalue weighted by molar-refractivity contribution is -0.138. The number of hydrogen-bond donors (Lipinski definition) is 1. The second-order valence-corrected chi connectivity index (χ2v) is 6.55. The molecule has 0 bridgehead atoms.